The van der Waals surface area contributed by atoms with E-state index in [4.69, 9.17) is 5.73 Å². The molecule has 2 rings (SSSR count). The molecule has 7 nitrogen and oxygen atoms in total. The van der Waals surface area contributed by atoms with Crippen molar-refractivity contribution in [2.24, 2.45) is 5.73 Å². The molecule has 1 unspecified atom stereocenters. The summed E-state index contributed by atoms with van der Waals surface area (Å²) in [6.07, 6.45) is 1.55. The zero-order chi connectivity index (χ0) is 13.3. The fraction of sp³-hybridized carbons (Fsp3) is 0.182. The maximum absolute atomic E-state index is 11.4. The molecule has 0 aliphatic heterocycles. The first kappa shape index (κ1) is 12.1. The van der Waals surface area contributed by atoms with Gasteiger partial charge in [-0.15, -0.1) is 0 Å². The molecule has 0 radical (unpaired) electrons. The number of carbonyl (C=O) groups excluding carboxylic acids is 1. The minimum Gasteiger partial charge on any atom is -0.468 e. The number of nitrogens with zero attached hydrogens (tertiary/aromatic N) is 1. The summed E-state index contributed by atoms with van der Waals surface area (Å²) in [5, 5.41) is 11.3. The van der Waals surface area contributed by atoms with Crippen molar-refractivity contribution in [1.29, 1.82) is 0 Å². The van der Waals surface area contributed by atoms with Crippen molar-refractivity contribution in [3.63, 3.8) is 0 Å². The number of non-ortho nitro benzene ring substituents is 1. The van der Waals surface area contributed by atoms with E-state index in [0.717, 1.165) is 0 Å². The second-order valence-electron chi connectivity index (χ2n) is 3.73. The molecule has 1 atom stereocenters. The molecule has 18 heavy (non-hydrogen) atoms. The minimum absolute atomic E-state index is 0.0552. The molecule has 0 fully saturated rings. The lowest BCUT2D eigenvalue weighted by molar-refractivity contribution is -0.384. The average molecular weight is 249 g/mol. The number of benzene rings is 1. The fourth-order valence-electron chi connectivity index (χ4n) is 1.75. The number of nitrogens with one attached hydrogen (secondary N) is 1. The van der Waals surface area contributed by atoms with Crippen LogP contribution < -0.4 is 5.73 Å². The first-order valence-corrected chi connectivity index (χ1v) is 5.13. The molecule has 0 amide bonds. The minimum atomic E-state index is -0.967. The summed E-state index contributed by atoms with van der Waals surface area (Å²) in [5.41, 5.74) is 6.81. The summed E-state index contributed by atoms with van der Waals surface area (Å²) in [5.74, 6) is -0.595. The standard InChI is InChI=1S/C11H11N3O4/c1-18-11(15)10(12)8-5-13-9-3-2-6(14(16)17)4-7(8)9/h2-5,10,13H,12H2,1H3. The molecule has 0 spiro atoms. The summed E-state index contributed by atoms with van der Waals surface area (Å²) >= 11 is 0. The summed E-state index contributed by atoms with van der Waals surface area (Å²) in [4.78, 5) is 24.5. The molecule has 1 aromatic carbocycles. The fourth-order valence-corrected chi connectivity index (χ4v) is 1.75. The Hall–Kier alpha value is -2.41. The Kier molecular flexibility index (Phi) is 2.99. The molecule has 3 N–H and O–H groups in total. The molecular formula is C11H11N3O4. The number of H-pyrrole nitrogens is 1. The molecule has 0 aliphatic rings. The van der Waals surface area contributed by atoms with Crippen molar-refractivity contribution < 1.29 is 14.5 Å². The number of aromatic nitrogens is 1. The Balaban J connectivity index is 2.55. The van der Waals surface area contributed by atoms with Crippen LogP contribution in [0.1, 0.15) is 11.6 Å². The van der Waals surface area contributed by atoms with E-state index in [9.17, 15) is 14.9 Å². The maximum atomic E-state index is 11.4. The van der Waals surface area contributed by atoms with Crippen molar-refractivity contribution in [3.05, 3.63) is 40.1 Å². The van der Waals surface area contributed by atoms with Gasteiger partial charge in [-0.1, -0.05) is 0 Å². The van der Waals surface area contributed by atoms with E-state index in [2.05, 4.69) is 9.72 Å². The number of ether oxygens (including phenoxy) is 1. The molecule has 0 saturated carbocycles. The number of nitrogens with two attached hydrogens (primary N) is 1. The normalized spacial score (nSPS) is 12.3. The van der Waals surface area contributed by atoms with Crippen LogP contribution in [-0.2, 0) is 9.53 Å². The SMILES string of the molecule is COC(=O)C(N)c1c[nH]c2ccc([N+](=O)[O-])cc12. The van der Waals surface area contributed by atoms with Gasteiger partial charge in [-0.05, 0) is 6.07 Å². The van der Waals surface area contributed by atoms with Crippen molar-refractivity contribution in [2.45, 2.75) is 6.04 Å². The number of hydrogen-bond donors (Lipinski definition) is 2. The van der Waals surface area contributed by atoms with Crippen LogP contribution in [0.5, 0.6) is 0 Å². The van der Waals surface area contributed by atoms with Crippen LogP contribution in [-0.4, -0.2) is 23.0 Å². The Morgan fingerprint density at radius 1 is 1.56 bits per heavy atom. The first-order valence-electron chi connectivity index (χ1n) is 5.13. The van der Waals surface area contributed by atoms with Crippen LogP contribution in [0.25, 0.3) is 10.9 Å². The molecular weight excluding hydrogens is 238 g/mol. The number of methoxy groups -OCH3 is 1. The van der Waals surface area contributed by atoms with Gasteiger partial charge >= 0.3 is 5.97 Å². The smallest absolute Gasteiger partial charge is 0.327 e. The average Bonchev–Trinajstić information content (AvgIpc) is 2.79. The highest BCUT2D eigenvalue weighted by atomic mass is 16.6. The Morgan fingerprint density at radius 3 is 2.89 bits per heavy atom. The number of carbonyl (C=O) groups is 1. The molecule has 94 valence electrons. The van der Waals surface area contributed by atoms with Crippen molar-refractivity contribution in [1.82, 2.24) is 4.98 Å². The van der Waals surface area contributed by atoms with Gasteiger partial charge < -0.3 is 15.5 Å². The highest BCUT2D eigenvalue weighted by molar-refractivity contribution is 5.90. The quantitative estimate of drug-likeness (QED) is 0.483. The van der Waals surface area contributed by atoms with Gasteiger partial charge in [-0.25, -0.2) is 0 Å². The zero-order valence-corrected chi connectivity index (χ0v) is 9.54. The summed E-state index contributed by atoms with van der Waals surface area (Å²) < 4.78 is 4.55. The predicted molar refractivity (Wildman–Crippen MR) is 63.9 cm³/mol. The van der Waals surface area contributed by atoms with E-state index in [1.54, 1.807) is 12.3 Å². The topological polar surface area (TPSA) is 111 Å². The van der Waals surface area contributed by atoms with Crippen molar-refractivity contribution in [2.75, 3.05) is 7.11 Å². The van der Waals surface area contributed by atoms with E-state index in [1.807, 2.05) is 0 Å². The third-order valence-electron chi connectivity index (χ3n) is 2.70. The van der Waals surface area contributed by atoms with Gasteiger partial charge in [-0.3, -0.25) is 14.9 Å². The predicted octanol–water partition coefficient (Wildman–Crippen LogP) is 1.25. The Bertz CT molecular complexity index is 620. The molecule has 1 aromatic heterocycles. The van der Waals surface area contributed by atoms with Gasteiger partial charge in [0.05, 0.1) is 12.0 Å². The number of nitro benzene ring substituents is 1. The lowest BCUT2D eigenvalue weighted by atomic mass is 10.1. The second kappa shape index (κ2) is 4.46. The Morgan fingerprint density at radius 2 is 2.28 bits per heavy atom. The van der Waals surface area contributed by atoms with E-state index < -0.39 is 16.9 Å². The number of hydrogen-bond acceptors (Lipinski definition) is 5. The van der Waals surface area contributed by atoms with E-state index in [0.29, 0.717) is 16.5 Å². The van der Waals surface area contributed by atoms with Gasteiger partial charge in [0.15, 0.2) is 0 Å². The summed E-state index contributed by atoms with van der Waals surface area (Å²) in [6, 6.07) is 3.36. The second-order valence-corrected chi connectivity index (χ2v) is 3.73. The van der Waals surface area contributed by atoms with E-state index in [1.165, 1.54) is 19.2 Å². The van der Waals surface area contributed by atoms with Gasteiger partial charge in [0.1, 0.15) is 6.04 Å². The maximum Gasteiger partial charge on any atom is 0.327 e. The Labute approximate surface area is 102 Å². The van der Waals surface area contributed by atoms with Crippen LogP contribution in [0, 0.1) is 10.1 Å². The summed E-state index contributed by atoms with van der Waals surface area (Å²) in [7, 11) is 1.24. The number of aromatic amines is 1. The molecule has 2 aromatic rings. The molecule has 1 heterocycles. The van der Waals surface area contributed by atoms with Gasteiger partial charge in [0.25, 0.3) is 5.69 Å². The highest BCUT2D eigenvalue weighted by Crippen LogP contribution is 2.27. The molecule has 7 heteroatoms. The molecule has 0 bridgehead atoms. The number of rotatable bonds is 3. The summed E-state index contributed by atoms with van der Waals surface area (Å²) in [6.45, 7) is 0. The van der Waals surface area contributed by atoms with Crippen molar-refractivity contribution in [3.8, 4) is 0 Å². The van der Waals surface area contributed by atoms with E-state index >= 15 is 0 Å². The number of esters is 1. The van der Waals surface area contributed by atoms with Crippen LogP contribution in [0.15, 0.2) is 24.4 Å². The lowest BCUT2D eigenvalue weighted by Crippen LogP contribution is -2.22. The number of fused-ring (bicyclic) bond motifs is 1. The van der Waals surface area contributed by atoms with E-state index in [-0.39, 0.29) is 5.69 Å². The first-order chi connectivity index (χ1) is 8.54. The van der Waals surface area contributed by atoms with Crippen LogP contribution in [0.2, 0.25) is 0 Å². The third-order valence-corrected chi connectivity index (χ3v) is 2.70. The number of nitro groups is 1. The molecule has 0 aliphatic carbocycles. The van der Waals surface area contributed by atoms with Gasteiger partial charge in [-0.2, -0.15) is 0 Å². The monoisotopic (exact) mass is 249 g/mol. The highest BCUT2D eigenvalue weighted by Gasteiger charge is 2.21. The van der Waals surface area contributed by atoms with Gasteiger partial charge in [0.2, 0.25) is 0 Å². The van der Waals surface area contributed by atoms with Crippen molar-refractivity contribution >= 4 is 22.6 Å². The molecule has 0 saturated heterocycles. The third kappa shape index (κ3) is 1.91. The lowest BCUT2D eigenvalue weighted by Gasteiger charge is -2.07. The van der Waals surface area contributed by atoms with Crippen LogP contribution in [0.4, 0.5) is 5.69 Å². The zero-order valence-electron chi connectivity index (χ0n) is 9.54. The largest absolute Gasteiger partial charge is 0.468 e. The van der Waals surface area contributed by atoms with Crippen LogP contribution in [0.3, 0.4) is 0 Å². The van der Waals surface area contributed by atoms with Gasteiger partial charge in [0, 0.05) is 34.8 Å². The van der Waals surface area contributed by atoms with Crippen LogP contribution >= 0.6 is 0 Å².